The summed E-state index contributed by atoms with van der Waals surface area (Å²) in [6, 6.07) is 3.75. The fraction of sp³-hybridized carbons (Fsp3) is 0.111. The highest BCUT2D eigenvalue weighted by Gasteiger charge is 1.97. The average Bonchev–Trinajstić information content (AvgIpc) is 2.70. The van der Waals surface area contributed by atoms with E-state index < -0.39 is 0 Å². The number of aromatic nitrogens is 2. The van der Waals surface area contributed by atoms with Crippen LogP contribution in [-0.2, 0) is 6.54 Å². The lowest BCUT2D eigenvalue weighted by Crippen LogP contribution is -2.00. The van der Waals surface area contributed by atoms with Crippen molar-refractivity contribution in [3.8, 4) is 0 Å². The van der Waals surface area contributed by atoms with E-state index in [-0.39, 0.29) is 0 Å². The Morgan fingerprint density at radius 3 is 2.93 bits per heavy atom. The van der Waals surface area contributed by atoms with Crippen LogP contribution in [0.4, 0.5) is 5.82 Å². The first kappa shape index (κ1) is 9.21. The summed E-state index contributed by atoms with van der Waals surface area (Å²) in [7, 11) is 0. The zero-order chi connectivity index (χ0) is 9.80. The van der Waals surface area contributed by atoms with Crippen molar-refractivity contribution in [3.05, 3.63) is 41.2 Å². The van der Waals surface area contributed by atoms with E-state index in [4.69, 9.17) is 4.42 Å². The number of nitrogens with one attached hydrogen (secondary N) is 1. The van der Waals surface area contributed by atoms with Crippen molar-refractivity contribution in [2.75, 3.05) is 5.32 Å². The van der Waals surface area contributed by atoms with Crippen LogP contribution in [0.1, 0.15) is 5.76 Å². The van der Waals surface area contributed by atoms with Gasteiger partial charge in [0.1, 0.15) is 16.2 Å². The molecule has 2 heterocycles. The van der Waals surface area contributed by atoms with Crippen LogP contribution in [0.3, 0.4) is 0 Å². The van der Waals surface area contributed by atoms with Gasteiger partial charge in [0.2, 0.25) is 0 Å². The van der Waals surface area contributed by atoms with Gasteiger partial charge in [-0.1, -0.05) is 0 Å². The van der Waals surface area contributed by atoms with Crippen molar-refractivity contribution >= 4 is 21.7 Å². The van der Waals surface area contributed by atoms with E-state index >= 15 is 0 Å². The average molecular weight is 254 g/mol. The smallest absolute Gasteiger partial charge is 0.144 e. The van der Waals surface area contributed by atoms with Crippen molar-refractivity contribution in [2.45, 2.75) is 6.54 Å². The van der Waals surface area contributed by atoms with Crippen LogP contribution in [0.2, 0.25) is 0 Å². The number of rotatable bonds is 3. The molecular formula is C9H8BrN3O. The fourth-order valence-electron chi connectivity index (χ4n) is 0.994. The van der Waals surface area contributed by atoms with Gasteiger partial charge in [0.25, 0.3) is 0 Å². The Morgan fingerprint density at radius 1 is 1.36 bits per heavy atom. The van der Waals surface area contributed by atoms with Gasteiger partial charge in [-0.3, -0.25) is 0 Å². The minimum atomic E-state index is 0.614. The second kappa shape index (κ2) is 4.23. The largest absolute Gasteiger partial charge is 0.467 e. The summed E-state index contributed by atoms with van der Waals surface area (Å²) in [6.45, 7) is 0.614. The van der Waals surface area contributed by atoms with E-state index in [1.807, 2.05) is 12.1 Å². The van der Waals surface area contributed by atoms with E-state index in [2.05, 4.69) is 31.2 Å². The summed E-state index contributed by atoms with van der Waals surface area (Å²) in [5.74, 6) is 1.60. The van der Waals surface area contributed by atoms with Crippen molar-refractivity contribution in [2.24, 2.45) is 0 Å². The third-order valence-corrected chi connectivity index (χ3v) is 2.05. The second-order valence-electron chi connectivity index (χ2n) is 2.66. The van der Waals surface area contributed by atoms with Crippen molar-refractivity contribution in [1.29, 1.82) is 0 Å². The molecule has 0 amide bonds. The number of halogens is 1. The molecule has 0 fully saturated rings. The molecule has 0 spiro atoms. The topological polar surface area (TPSA) is 51.0 Å². The minimum absolute atomic E-state index is 0.614. The van der Waals surface area contributed by atoms with Crippen molar-refractivity contribution in [1.82, 2.24) is 9.97 Å². The summed E-state index contributed by atoms with van der Waals surface area (Å²) in [4.78, 5) is 8.16. The van der Waals surface area contributed by atoms with E-state index in [9.17, 15) is 0 Å². The molecule has 14 heavy (non-hydrogen) atoms. The maximum atomic E-state index is 5.16. The molecular weight excluding hydrogens is 246 g/mol. The highest BCUT2D eigenvalue weighted by molar-refractivity contribution is 9.10. The van der Waals surface area contributed by atoms with Gasteiger partial charge in [-0.15, -0.1) is 0 Å². The summed E-state index contributed by atoms with van der Waals surface area (Å²) in [6.07, 6.45) is 4.95. The zero-order valence-electron chi connectivity index (χ0n) is 7.27. The van der Waals surface area contributed by atoms with Crippen LogP contribution < -0.4 is 5.32 Å². The molecule has 0 radical (unpaired) electrons. The Bertz CT molecular complexity index is 385. The van der Waals surface area contributed by atoms with E-state index in [0.29, 0.717) is 6.54 Å². The number of hydrogen-bond donors (Lipinski definition) is 1. The second-order valence-corrected chi connectivity index (χ2v) is 3.47. The lowest BCUT2D eigenvalue weighted by molar-refractivity contribution is 0.518. The predicted molar refractivity (Wildman–Crippen MR) is 55.8 cm³/mol. The third kappa shape index (κ3) is 2.32. The fourth-order valence-corrected chi connectivity index (χ4v) is 1.20. The standard InChI is InChI=1S/C9H8BrN3O/c10-8-5-13-9(6-11-8)12-4-7-2-1-3-14-7/h1-3,5-6H,4H2,(H,12,13). The maximum Gasteiger partial charge on any atom is 0.144 e. The monoisotopic (exact) mass is 253 g/mol. The molecule has 0 aliphatic heterocycles. The van der Waals surface area contributed by atoms with Gasteiger partial charge in [0, 0.05) is 0 Å². The van der Waals surface area contributed by atoms with Crippen LogP contribution in [-0.4, -0.2) is 9.97 Å². The Hall–Kier alpha value is -1.36. The molecule has 0 unspecified atom stereocenters. The SMILES string of the molecule is Brc1cnc(NCc2ccco2)cn1. The number of hydrogen-bond acceptors (Lipinski definition) is 4. The Kier molecular flexibility index (Phi) is 2.78. The molecule has 0 aliphatic rings. The molecule has 0 aromatic carbocycles. The number of furan rings is 1. The van der Waals surface area contributed by atoms with Crippen LogP contribution in [0.25, 0.3) is 0 Å². The molecule has 0 saturated heterocycles. The first-order valence-corrected chi connectivity index (χ1v) is 4.88. The van der Waals surface area contributed by atoms with Crippen LogP contribution >= 0.6 is 15.9 Å². The summed E-state index contributed by atoms with van der Waals surface area (Å²) < 4.78 is 5.88. The Morgan fingerprint density at radius 2 is 2.29 bits per heavy atom. The molecule has 0 saturated carbocycles. The van der Waals surface area contributed by atoms with E-state index in [1.54, 1.807) is 18.7 Å². The molecule has 2 rings (SSSR count). The highest BCUT2D eigenvalue weighted by Crippen LogP contribution is 2.08. The lowest BCUT2D eigenvalue weighted by atomic mass is 10.4. The molecule has 1 N–H and O–H groups in total. The molecule has 2 aromatic rings. The van der Waals surface area contributed by atoms with Crippen molar-refractivity contribution < 1.29 is 4.42 Å². The van der Waals surface area contributed by atoms with Gasteiger partial charge < -0.3 is 9.73 Å². The quantitative estimate of drug-likeness (QED) is 0.913. The van der Waals surface area contributed by atoms with Crippen LogP contribution in [0.5, 0.6) is 0 Å². The van der Waals surface area contributed by atoms with E-state index in [0.717, 1.165) is 16.2 Å². The third-order valence-electron chi connectivity index (χ3n) is 1.64. The summed E-state index contributed by atoms with van der Waals surface area (Å²) in [5.41, 5.74) is 0. The molecule has 0 atom stereocenters. The highest BCUT2D eigenvalue weighted by atomic mass is 79.9. The first-order chi connectivity index (χ1) is 6.84. The number of nitrogens with zero attached hydrogens (tertiary/aromatic N) is 2. The first-order valence-electron chi connectivity index (χ1n) is 4.08. The molecule has 0 aliphatic carbocycles. The van der Waals surface area contributed by atoms with E-state index in [1.165, 1.54) is 0 Å². The van der Waals surface area contributed by atoms with Gasteiger partial charge in [-0.2, -0.15) is 0 Å². The molecule has 72 valence electrons. The van der Waals surface area contributed by atoms with Gasteiger partial charge in [-0.05, 0) is 28.1 Å². The number of anilines is 1. The minimum Gasteiger partial charge on any atom is -0.467 e. The summed E-state index contributed by atoms with van der Waals surface area (Å²) >= 11 is 3.22. The maximum absolute atomic E-state index is 5.16. The predicted octanol–water partition coefficient (Wildman–Crippen LogP) is 2.44. The Balaban J connectivity index is 1.95. The molecule has 5 heteroatoms. The van der Waals surface area contributed by atoms with Gasteiger partial charge in [-0.25, -0.2) is 9.97 Å². The Labute approximate surface area is 89.5 Å². The van der Waals surface area contributed by atoms with Crippen LogP contribution in [0.15, 0.2) is 39.8 Å². The lowest BCUT2D eigenvalue weighted by Gasteiger charge is -2.01. The molecule has 4 nitrogen and oxygen atoms in total. The zero-order valence-corrected chi connectivity index (χ0v) is 8.86. The summed E-state index contributed by atoms with van der Waals surface area (Å²) in [5, 5.41) is 3.09. The van der Waals surface area contributed by atoms with Crippen LogP contribution in [0, 0.1) is 0 Å². The molecule has 0 bridgehead atoms. The van der Waals surface area contributed by atoms with Crippen molar-refractivity contribution in [3.63, 3.8) is 0 Å². The van der Waals surface area contributed by atoms with Gasteiger partial charge in [0.05, 0.1) is 25.2 Å². The molecule has 2 aromatic heterocycles. The normalized spacial score (nSPS) is 10.1. The van der Waals surface area contributed by atoms with Gasteiger partial charge in [0.15, 0.2) is 0 Å². The van der Waals surface area contributed by atoms with Gasteiger partial charge >= 0.3 is 0 Å².